The third-order valence-corrected chi connectivity index (χ3v) is 6.08. The van der Waals surface area contributed by atoms with Gasteiger partial charge in [-0.25, -0.2) is 5.48 Å². The van der Waals surface area contributed by atoms with E-state index in [9.17, 15) is 9.59 Å². The number of benzodiazepines with no additional fused rings is 1. The number of anilines is 1. The van der Waals surface area contributed by atoms with Gasteiger partial charge in [0.05, 0.1) is 11.4 Å². The number of hydroxylamine groups is 1. The highest BCUT2D eigenvalue weighted by Gasteiger charge is 2.26. The van der Waals surface area contributed by atoms with Crippen LogP contribution in [0, 0.1) is 0 Å². The zero-order chi connectivity index (χ0) is 23.7. The molecule has 1 aliphatic heterocycles. The van der Waals surface area contributed by atoms with Crippen molar-refractivity contribution >= 4 is 45.6 Å². The Morgan fingerprint density at radius 3 is 2.50 bits per heavy atom. The number of aliphatic imine (C=N–C) groups is 1. The molecular formula is C27H20ClN3O3. The average molecular weight is 470 g/mol. The van der Waals surface area contributed by atoms with Crippen LogP contribution in [0.25, 0.3) is 10.8 Å². The van der Waals surface area contributed by atoms with Crippen LogP contribution in [0.1, 0.15) is 27.0 Å². The number of nitrogens with one attached hydrogen (secondary N) is 2. The molecule has 4 aromatic carbocycles. The molecule has 1 atom stereocenters. The molecule has 0 saturated carbocycles. The second-order valence-corrected chi connectivity index (χ2v) is 8.51. The monoisotopic (exact) mass is 469 g/mol. The molecule has 168 valence electrons. The van der Waals surface area contributed by atoms with Gasteiger partial charge in [-0.2, -0.15) is 0 Å². The minimum Gasteiger partial charge on any atom is -0.324 e. The van der Waals surface area contributed by atoms with E-state index in [1.165, 1.54) is 0 Å². The first-order valence-electron chi connectivity index (χ1n) is 10.7. The van der Waals surface area contributed by atoms with Crippen LogP contribution in [0.5, 0.6) is 0 Å². The van der Waals surface area contributed by atoms with Crippen molar-refractivity contribution in [3.8, 4) is 0 Å². The minimum absolute atomic E-state index is 0.206. The van der Waals surface area contributed by atoms with Gasteiger partial charge in [0.1, 0.15) is 6.04 Å². The van der Waals surface area contributed by atoms with Gasteiger partial charge in [0, 0.05) is 28.1 Å². The molecule has 7 heteroatoms. The summed E-state index contributed by atoms with van der Waals surface area (Å²) < 4.78 is 0. The van der Waals surface area contributed by atoms with E-state index in [0.29, 0.717) is 34.0 Å². The SMILES string of the molecule is O=C(NO)c1ccc(C2=NC(Cc3ccc4ccccc4c3)C(=O)Nc3ccc(Cl)cc32)cc1. The molecule has 34 heavy (non-hydrogen) atoms. The molecule has 1 heterocycles. The normalized spacial score (nSPS) is 15.2. The van der Waals surface area contributed by atoms with Gasteiger partial charge in [-0.1, -0.05) is 66.2 Å². The number of hydrogen-bond donors (Lipinski definition) is 3. The number of carbonyl (C=O) groups excluding carboxylic acids is 2. The summed E-state index contributed by atoms with van der Waals surface area (Å²) in [5.74, 6) is -0.813. The van der Waals surface area contributed by atoms with Crippen molar-refractivity contribution in [1.82, 2.24) is 5.48 Å². The number of rotatable bonds is 4. The smallest absolute Gasteiger partial charge is 0.274 e. The third-order valence-electron chi connectivity index (χ3n) is 5.85. The Kier molecular flexibility index (Phi) is 5.84. The Morgan fingerprint density at radius 1 is 0.971 bits per heavy atom. The van der Waals surface area contributed by atoms with E-state index in [1.54, 1.807) is 47.9 Å². The van der Waals surface area contributed by atoms with E-state index in [4.69, 9.17) is 21.8 Å². The Bertz CT molecular complexity index is 1450. The van der Waals surface area contributed by atoms with E-state index in [2.05, 4.69) is 17.4 Å². The summed E-state index contributed by atoms with van der Waals surface area (Å²) in [6.45, 7) is 0. The zero-order valence-corrected chi connectivity index (χ0v) is 18.7. The summed E-state index contributed by atoms with van der Waals surface area (Å²) in [5, 5.41) is 14.6. The highest BCUT2D eigenvalue weighted by Crippen LogP contribution is 2.28. The van der Waals surface area contributed by atoms with Crippen LogP contribution in [0.15, 0.2) is 89.9 Å². The Balaban J connectivity index is 1.57. The lowest BCUT2D eigenvalue weighted by molar-refractivity contribution is -0.117. The van der Waals surface area contributed by atoms with Gasteiger partial charge in [0.2, 0.25) is 5.91 Å². The average Bonchev–Trinajstić information content (AvgIpc) is 2.99. The van der Waals surface area contributed by atoms with Gasteiger partial charge in [0.25, 0.3) is 5.91 Å². The fourth-order valence-corrected chi connectivity index (χ4v) is 4.29. The van der Waals surface area contributed by atoms with Crippen LogP contribution in [-0.4, -0.2) is 28.8 Å². The van der Waals surface area contributed by atoms with Crippen LogP contribution < -0.4 is 10.8 Å². The van der Waals surface area contributed by atoms with Crippen LogP contribution in [-0.2, 0) is 11.2 Å². The highest BCUT2D eigenvalue weighted by atomic mass is 35.5. The van der Waals surface area contributed by atoms with Crippen LogP contribution in [0.3, 0.4) is 0 Å². The predicted molar refractivity (Wildman–Crippen MR) is 133 cm³/mol. The fourth-order valence-electron chi connectivity index (χ4n) is 4.12. The summed E-state index contributed by atoms with van der Waals surface area (Å²) >= 11 is 6.28. The lowest BCUT2D eigenvalue weighted by atomic mass is 9.99. The van der Waals surface area contributed by atoms with Crippen molar-refractivity contribution in [1.29, 1.82) is 0 Å². The Morgan fingerprint density at radius 2 is 1.74 bits per heavy atom. The quantitative estimate of drug-likeness (QED) is 0.290. The van der Waals surface area contributed by atoms with E-state index >= 15 is 0 Å². The molecule has 3 N–H and O–H groups in total. The lowest BCUT2D eigenvalue weighted by Crippen LogP contribution is -2.27. The maximum atomic E-state index is 13.2. The molecule has 1 aliphatic rings. The van der Waals surface area contributed by atoms with Gasteiger partial charge >= 0.3 is 0 Å². The highest BCUT2D eigenvalue weighted by molar-refractivity contribution is 6.32. The van der Waals surface area contributed by atoms with Gasteiger partial charge in [-0.15, -0.1) is 0 Å². The first kappa shape index (κ1) is 21.8. The first-order valence-corrected chi connectivity index (χ1v) is 11.1. The standard InChI is InChI=1S/C27H20ClN3O3/c28-21-11-12-23-22(15-21)25(18-7-9-19(10-8-18)26(32)31-34)29-24(27(33)30-23)14-16-5-6-17-3-1-2-4-20(17)13-16/h1-13,15,24,34H,14H2,(H,30,33)(H,31,32). The second-order valence-electron chi connectivity index (χ2n) is 8.08. The molecule has 0 aliphatic carbocycles. The summed E-state index contributed by atoms with van der Waals surface area (Å²) in [7, 11) is 0. The van der Waals surface area contributed by atoms with E-state index < -0.39 is 11.9 Å². The van der Waals surface area contributed by atoms with E-state index in [-0.39, 0.29) is 5.91 Å². The first-order chi connectivity index (χ1) is 16.5. The molecule has 2 amide bonds. The molecule has 0 bridgehead atoms. The zero-order valence-electron chi connectivity index (χ0n) is 18.0. The van der Waals surface area contributed by atoms with Crippen molar-refractivity contribution in [2.24, 2.45) is 4.99 Å². The van der Waals surface area contributed by atoms with Crippen molar-refractivity contribution < 1.29 is 14.8 Å². The van der Waals surface area contributed by atoms with Gasteiger partial charge in [0.15, 0.2) is 0 Å². The van der Waals surface area contributed by atoms with Gasteiger partial charge in [-0.3, -0.25) is 19.8 Å². The van der Waals surface area contributed by atoms with Crippen molar-refractivity contribution in [3.63, 3.8) is 0 Å². The Hall–Kier alpha value is -4.00. The van der Waals surface area contributed by atoms with Crippen LogP contribution >= 0.6 is 11.6 Å². The molecule has 4 aromatic rings. The molecule has 0 fully saturated rings. The number of amides is 2. The maximum Gasteiger partial charge on any atom is 0.274 e. The van der Waals surface area contributed by atoms with Crippen molar-refractivity contribution in [3.05, 3.63) is 112 Å². The molecule has 1 unspecified atom stereocenters. The van der Waals surface area contributed by atoms with Gasteiger partial charge < -0.3 is 5.32 Å². The van der Waals surface area contributed by atoms with Gasteiger partial charge in [-0.05, 0) is 46.7 Å². The predicted octanol–water partition coefficient (Wildman–Crippen LogP) is 5.01. The topological polar surface area (TPSA) is 90.8 Å². The number of halogens is 1. The van der Waals surface area contributed by atoms with E-state index in [1.807, 2.05) is 30.3 Å². The number of hydrogen-bond acceptors (Lipinski definition) is 4. The molecule has 6 nitrogen and oxygen atoms in total. The van der Waals surface area contributed by atoms with Crippen LogP contribution in [0.2, 0.25) is 5.02 Å². The molecule has 0 radical (unpaired) electrons. The summed E-state index contributed by atoms with van der Waals surface area (Å²) in [5.41, 5.74) is 5.55. The number of benzene rings is 4. The summed E-state index contributed by atoms with van der Waals surface area (Å²) in [6, 6.07) is 25.4. The largest absolute Gasteiger partial charge is 0.324 e. The molecule has 0 spiro atoms. The number of fused-ring (bicyclic) bond motifs is 2. The molecule has 0 aromatic heterocycles. The number of nitrogens with zero attached hydrogens (tertiary/aromatic N) is 1. The molecule has 0 saturated heterocycles. The number of carbonyl (C=O) groups is 2. The third kappa shape index (κ3) is 4.29. The van der Waals surface area contributed by atoms with Crippen molar-refractivity contribution in [2.75, 3.05) is 5.32 Å². The fraction of sp³-hybridized carbons (Fsp3) is 0.0741. The molecule has 5 rings (SSSR count). The van der Waals surface area contributed by atoms with E-state index in [0.717, 1.165) is 21.9 Å². The molecular weight excluding hydrogens is 450 g/mol. The van der Waals surface area contributed by atoms with Crippen molar-refractivity contribution in [2.45, 2.75) is 12.5 Å². The second kappa shape index (κ2) is 9.09. The summed E-state index contributed by atoms with van der Waals surface area (Å²) in [6.07, 6.45) is 0.424. The lowest BCUT2D eigenvalue weighted by Gasteiger charge is -2.12. The summed E-state index contributed by atoms with van der Waals surface area (Å²) in [4.78, 5) is 29.8. The Labute approximate surface area is 200 Å². The van der Waals surface area contributed by atoms with Crippen LogP contribution in [0.4, 0.5) is 5.69 Å². The minimum atomic E-state index is -0.664. The maximum absolute atomic E-state index is 13.2.